The second-order valence-corrected chi connectivity index (χ2v) is 5.12. The number of aromatic carboxylic acids is 1. The van der Waals surface area contributed by atoms with E-state index in [4.69, 9.17) is 11.6 Å². The summed E-state index contributed by atoms with van der Waals surface area (Å²) in [6, 6.07) is 2.55. The molecule has 0 amide bonds. The number of fused-ring (bicyclic) bond motifs is 1. The first kappa shape index (κ1) is 13.7. The molecule has 100 valence electrons. The van der Waals surface area contributed by atoms with E-state index in [0.717, 1.165) is 0 Å². The highest BCUT2D eigenvalue weighted by molar-refractivity contribution is 6.36. The van der Waals surface area contributed by atoms with Crippen LogP contribution in [-0.4, -0.2) is 16.1 Å². The fourth-order valence-corrected chi connectivity index (χ4v) is 2.48. The maximum atomic E-state index is 13.9. The van der Waals surface area contributed by atoms with Gasteiger partial charge in [0.2, 0.25) is 0 Å². The van der Waals surface area contributed by atoms with Crippen LogP contribution in [0, 0.1) is 12.7 Å². The van der Waals surface area contributed by atoms with Crippen molar-refractivity contribution in [2.75, 3.05) is 0 Å². The summed E-state index contributed by atoms with van der Waals surface area (Å²) in [7, 11) is 0. The molecule has 0 fully saturated rings. The van der Waals surface area contributed by atoms with Gasteiger partial charge in [-0.25, -0.2) is 14.2 Å². The van der Waals surface area contributed by atoms with Crippen LogP contribution < -0.4 is 0 Å². The third-order valence-corrected chi connectivity index (χ3v) is 3.40. The van der Waals surface area contributed by atoms with E-state index in [-0.39, 0.29) is 27.4 Å². The fraction of sp³-hybridized carbons (Fsp3) is 0.286. The molecule has 0 spiro atoms. The molecule has 0 atom stereocenters. The Kier molecular flexibility index (Phi) is 3.45. The zero-order chi connectivity index (χ0) is 14.3. The number of hydrogen-bond acceptors (Lipinski definition) is 2. The van der Waals surface area contributed by atoms with Crippen LogP contribution in [0.25, 0.3) is 10.9 Å². The molecular formula is C14H13ClFNO2. The lowest BCUT2D eigenvalue weighted by molar-refractivity contribution is 0.0698. The van der Waals surface area contributed by atoms with Crippen molar-refractivity contribution in [3.63, 3.8) is 0 Å². The van der Waals surface area contributed by atoms with Crippen LogP contribution in [0.15, 0.2) is 12.1 Å². The summed E-state index contributed by atoms with van der Waals surface area (Å²) in [5.41, 5.74) is 1.14. The normalized spacial score (nSPS) is 11.3. The van der Waals surface area contributed by atoms with Crippen molar-refractivity contribution in [1.82, 2.24) is 4.98 Å². The largest absolute Gasteiger partial charge is 0.478 e. The number of hydrogen-bond donors (Lipinski definition) is 1. The minimum Gasteiger partial charge on any atom is -0.478 e. The van der Waals surface area contributed by atoms with Crippen molar-refractivity contribution in [3.8, 4) is 0 Å². The zero-order valence-corrected chi connectivity index (χ0v) is 11.5. The van der Waals surface area contributed by atoms with Crippen molar-refractivity contribution >= 4 is 28.5 Å². The van der Waals surface area contributed by atoms with Gasteiger partial charge in [0.1, 0.15) is 11.3 Å². The quantitative estimate of drug-likeness (QED) is 0.899. The van der Waals surface area contributed by atoms with Gasteiger partial charge in [0.25, 0.3) is 0 Å². The minimum atomic E-state index is -1.13. The molecule has 2 rings (SSSR count). The van der Waals surface area contributed by atoms with E-state index in [0.29, 0.717) is 11.3 Å². The Morgan fingerprint density at radius 1 is 1.42 bits per heavy atom. The number of carboxylic acids is 1. The van der Waals surface area contributed by atoms with Crippen LogP contribution in [0.5, 0.6) is 0 Å². The maximum Gasteiger partial charge on any atom is 0.336 e. The highest BCUT2D eigenvalue weighted by atomic mass is 35.5. The van der Waals surface area contributed by atoms with Gasteiger partial charge in [-0.05, 0) is 30.5 Å². The van der Waals surface area contributed by atoms with E-state index in [9.17, 15) is 14.3 Å². The number of aromatic nitrogens is 1. The molecule has 2 aromatic rings. The number of nitrogens with zero attached hydrogens (tertiary/aromatic N) is 1. The molecule has 1 aromatic heterocycles. The van der Waals surface area contributed by atoms with Gasteiger partial charge in [-0.3, -0.25) is 0 Å². The molecule has 1 N–H and O–H groups in total. The van der Waals surface area contributed by atoms with Gasteiger partial charge in [0, 0.05) is 11.1 Å². The van der Waals surface area contributed by atoms with Crippen molar-refractivity contribution in [1.29, 1.82) is 0 Å². The molecule has 0 unspecified atom stereocenters. The second-order valence-electron chi connectivity index (χ2n) is 4.71. The smallest absolute Gasteiger partial charge is 0.336 e. The number of pyridine rings is 1. The van der Waals surface area contributed by atoms with E-state index in [2.05, 4.69) is 4.98 Å². The molecule has 0 aliphatic carbocycles. The summed E-state index contributed by atoms with van der Waals surface area (Å²) >= 11 is 6.01. The lowest BCUT2D eigenvalue weighted by atomic mass is 9.96. The number of carbonyl (C=O) groups is 1. The Bertz CT molecular complexity index is 683. The standard InChI is InChI=1S/C14H13ClFNO2/c1-6(2)12-7(3)10(14(18)19)11-8(15)4-5-9(16)13(11)17-12/h4-6H,1-3H3,(H,18,19). The van der Waals surface area contributed by atoms with Crippen LogP contribution in [-0.2, 0) is 0 Å². The molecule has 0 aliphatic heterocycles. The van der Waals surface area contributed by atoms with E-state index in [1.54, 1.807) is 6.92 Å². The van der Waals surface area contributed by atoms with Gasteiger partial charge in [0.15, 0.2) is 0 Å². The Morgan fingerprint density at radius 2 is 2.05 bits per heavy atom. The highest BCUT2D eigenvalue weighted by Gasteiger charge is 2.22. The Hall–Kier alpha value is -1.68. The van der Waals surface area contributed by atoms with E-state index in [1.807, 2.05) is 13.8 Å². The predicted octanol–water partition coefficient (Wildman–Crippen LogP) is 4.16. The van der Waals surface area contributed by atoms with E-state index in [1.165, 1.54) is 12.1 Å². The molecule has 0 bridgehead atoms. The van der Waals surface area contributed by atoms with Crippen LogP contribution in [0.3, 0.4) is 0 Å². The molecule has 0 aliphatic rings. The predicted molar refractivity (Wildman–Crippen MR) is 72.5 cm³/mol. The molecule has 0 radical (unpaired) electrons. The summed E-state index contributed by atoms with van der Waals surface area (Å²) in [6.45, 7) is 5.44. The molecule has 0 saturated carbocycles. The van der Waals surface area contributed by atoms with Gasteiger partial charge in [-0.2, -0.15) is 0 Å². The number of carboxylic acid groups (broad SMARTS) is 1. The molecule has 1 heterocycles. The molecule has 1 aromatic carbocycles. The van der Waals surface area contributed by atoms with Crippen LogP contribution >= 0.6 is 11.6 Å². The first-order valence-corrected chi connectivity index (χ1v) is 6.23. The average molecular weight is 282 g/mol. The first-order chi connectivity index (χ1) is 8.84. The Balaban J connectivity index is 3.05. The third-order valence-electron chi connectivity index (χ3n) is 3.08. The van der Waals surface area contributed by atoms with Crippen molar-refractivity contribution in [2.45, 2.75) is 26.7 Å². The van der Waals surface area contributed by atoms with Crippen molar-refractivity contribution in [2.24, 2.45) is 0 Å². The summed E-state index contributed by atoms with van der Waals surface area (Å²) in [4.78, 5) is 15.7. The number of halogens is 2. The van der Waals surface area contributed by atoms with Crippen molar-refractivity contribution in [3.05, 3.63) is 39.8 Å². The number of benzene rings is 1. The molecular weight excluding hydrogens is 269 g/mol. The van der Waals surface area contributed by atoms with Crippen molar-refractivity contribution < 1.29 is 14.3 Å². The maximum absolute atomic E-state index is 13.9. The van der Waals surface area contributed by atoms with Gasteiger partial charge in [-0.15, -0.1) is 0 Å². The Morgan fingerprint density at radius 3 is 2.58 bits per heavy atom. The van der Waals surface area contributed by atoms with Crippen LogP contribution in [0.4, 0.5) is 4.39 Å². The van der Waals surface area contributed by atoms with Gasteiger partial charge >= 0.3 is 5.97 Å². The Labute approximate surface area is 115 Å². The molecule has 19 heavy (non-hydrogen) atoms. The van der Waals surface area contributed by atoms with Gasteiger partial charge < -0.3 is 5.11 Å². The van der Waals surface area contributed by atoms with Crippen LogP contribution in [0.1, 0.15) is 41.4 Å². The minimum absolute atomic E-state index is 0.000816. The molecule has 0 saturated heterocycles. The number of rotatable bonds is 2. The summed E-state index contributed by atoms with van der Waals surface area (Å²) < 4.78 is 13.9. The topological polar surface area (TPSA) is 50.2 Å². The molecule has 3 nitrogen and oxygen atoms in total. The van der Waals surface area contributed by atoms with Crippen LogP contribution in [0.2, 0.25) is 5.02 Å². The fourth-order valence-electron chi connectivity index (χ4n) is 2.24. The lowest BCUT2D eigenvalue weighted by Crippen LogP contribution is -2.09. The lowest BCUT2D eigenvalue weighted by Gasteiger charge is -2.15. The average Bonchev–Trinajstić information content (AvgIpc) is 2.32. The summed E-state index contributed by atoms with van der Waals surface area (Å²) in [5.74, 6) is -1.69. The monoisotopic (exact) mass is 281 g/mol. The zero-order valence-electron chi connectivity index (χ0n) is 10.8. The molecule has 5 heteroatoms. The summed E-state index contributed by atoms with van der Waals surface area (Å²) in [5, 5.41) is 9.73. The van der Waals surface area contributed by atoms with E-state index < -0.39 is 11.8 Å². The van der Waals surface area contributed by atoms with Gasteiger partial charge in [0.05, 0.1) is 10.6 Å². The highest BCUT2D eigenvalue weighted by Crippen LogP contribution is 2.33. The van der Waals surface area contributed by atoms with Gasteiger partial charge in [-0.1, -0.05) is 25.4 Å². The third kappa shape index (κ3) is 2.16. The summed E-state index contributed by atoms with van der Waals surface area (Å²) in [6.07, 6.45) is 0. The first-order valence-electron chi connectivity index (χ1n) is 5.86. The SMILES string of the molecule is Cc1c(C(C)C)nc2c(F)ccc(Cl)c2c1C(=O)O. The second kappa shape index (κ2) is 4.78. The van der Waals surface area contributed by atoms with E-state index >= 15 is 0 Å².